The van der Waals surface area contributed by atoms with Crippen LogP contribution in [0.3, 0.4) is 0 Å². The molecule has 0 spiro atoms. The van der Waals surface area contributed by atoms with Crippen molar-refractivity contribution in [3.63, 3.8) is 0 Å². The molecule has 1 rings (SSSR count). The highest BCUT2D eigenvalue weighted by atomic mass is 32.1. The lowest BCUT2D eigenvalue weighted by Crippen LogP contribution is -2.37. The average Bonchev–Trinajstić information content (AvgIpc) is 2.75. The Bertz CT molecular complexity index is 373. The molecule has 1 amide bonds. The van der Waals surface area contributed by atoms with Gasteiger partial charge in [-0.2, -0.15) is 11.3 Å². The third-order valence-corrected chi connectivity index (χ3v) is 3.13. The molecule has 0 aliphatic heterocycles. The monoisotopic (exact) mass is 255 g/mol. The lowest BCUT2D eigenvalue weighted by Gasteiger charge is -2.26. The standard InChI is InChI=1S/C12H17NO3S/c1-9(2)13(6-3-4-11(14)15)12(16)10-5-7-17-8-10/h5,7-9H,3-4,6H2,1-2H3,(H,14,15). The number of hydrogen-bond donors (Lipinski definition) is 1. The second kappa shape index (κ2) is 6.39. The topological polar surface area (TPSA) is 57.6 Å². The van der Waals surface area contributed by atoms with Crippen molar-refractivity contribution in [3.05, 3.63) is 22.4 Å². The van der Waals surface area contributed by atoms with E-state index in [0.717, 1.165) is 0 Å². The molecule has 94 valence electrons. The summed E-state index contributed by atoms with van der Waals surface area (Å²) >= 11 is 1.48. The highest BCUT2D eigenvalue weighted by Crippen LogP contribution is 2.12. The van der Waals surface area contributed by atoms with Crippen molar-refractivity contribution in [2.24, 2.45) is 0 Å². The first-order valence-electron chi connectivity index (χ1n) is 5.57. The maximum Gasteiger partial charge on any atom is 0.303 e. The molecule has 4 nitrogen and oxygen atoms in total. The van der Waals surface area contributed by atoms with Gasteiger partial charge in [-0.05, 0) is 31.7 Å². The van der Waals surface area contributed by atoms with Gasteiger partial charge >= 0.3 is 5.97 Å². The zero-order valence-corrected chi connectivity index (χ0v) is 10.9. The van der Waals surface area contributed by atoms with E-state index in [1.165, 1.54) is 11.3 Å². The van der Waals surface area contributed by atoms with E-state index in [-0.39, 0.29) is 18.4 Å². The van der Waals surface area contributed by atoms with Crippen LogP contribution in [-0.2, 0) is 4.79 Å². The van der Waals surface area contributed by atoms with E-state index < -0.39 is 5.97 Å². The Morgan fingerprint density at radius 1 is 1.47 bits per heavy atom. The van der Waals surface area contributed by atoms with Gasteiger partial charge in [-0.25, -0.2) is 0 Å². The molecule has 0 saturated heterocycles. The minimum atomic E-state index is -0.823. The second-order valence-corrected chi connectivity index (χ2v) is 4.88. The summed E-state index contributed by atoms with van der Waals surface area (Å²) in [4.78, 5) is 24.3. The molecule has 1 aromatic heterocycles. The number of amides is 1. The molecule has 0 aliphatic rings. The molecule has 0 radical (unpaired) electrons. The minimum Gasteiger partial charge on any atom is -0.481 e. The summed E-state index contributed by atoms with van der Waals surface area (Å²) < 4.78 is 0. The molecule has 0 fully saturated rings. The molecule has 1 heterocycles. The average molecular weight is 255 g/mol. The predicted octanol–water partition coefficient (Wildman–Crippen LogP) is 2.46. The van der Waals surface area contributed by atoms with Gasteiger partial charge in [-0.15, -0.1) is 0 Å². The van der Waals surface area contributed by atoms with Crippen molar-refractivity contribution < 1.29 is 14.7 Å². The van der Waals surface area contributed by atoms with E-state index >= 15 is 0 Å². The quantitative estimate of drug-likeness (QED) is 0.849. The fourth-order valence-corrected chi connectivity index (χ4v) is 2.18. The van der Waals surface area contributed by atoms with Crippen molar-refractivity contribution in [1.82, 2.24) is 4.90 Å². The van der Waals surface area contributed by atoms with Crippen molar-refractivity contribution in [3.8, 4) is 0 Å². The zero-order valence-electron chi connectivity index (χ0n) is 10.0. The molecule has 1 aromatic rings. The van der Waals surface area contributed by atoms with E-state index in [9.17, 15) is 9.59 Å². The highest BCUT2D eigenvalue weighted by Gasteiger charge is 2.18. The SMILES string of the molecule is CC(C)N(CCCC(=O)O)C(=O)c1ccsc1. The molecule has 0 unspecified atom stereocenters. The van der Waals surface area contributed by atoms with Gasteiger partial charge in [0.2, 0.25) is 0 Å². The van der Waals surface area contributed by atoms with Crippen LogP contribution in [0.4, 0.5) is 0 Å². The maximum atomic E-state index is 12.1. The van der Waals surface area contributed by atoms with Gasteiger partial charge in [0.15, 0.2) is 0 Å². The number of hydrogen-bond acceptors (Lipinski definition) is 3. The van der Waals surface area contributed by atoms with Crippen LogP contribution < -0.4 is 0 Å². The number of rotatable bonds is 6. The van der Waals surface area contributed by atoms with Gasteiger partial charge in [0.25, 0.3) is 5.91 Å². The summed E-state index contributed by atoms with van der Waals surface area (Å²) in [6.45, 7) is 4.36. The van der Waals surface area contributed by atoms with Crippen LogP contribution in [0.25, 0.3) is 0 Å². The molecule has 0 saturated carbocycles. The smallest absolute Gasteiger partial charge is 0.303 e. The van der Waals surface area contributed by atoms with Gasteiger partial charge in [0.1, 0.15) is 0 Å². The van der Waals surface area contributed by atoms with Crippen molar-refractivity contribution in [1.29, 1.82) is 0 Å². The van der Waals surface area contributed by atoms with E-state index in [1.54, 1.807) is 11.0 Å². The number of aliphatic carboxylic acids is 1. The molecule has 17 heavy (non-hydrogen) atoms. The first-order valence-corrected chi connectivity index (χ1v) is 6.51. The molecular formula is C12H17NO3S. The Labute approximate surface area is 105 Å². The molecule has 0 atom stereocenters. The van der Waals surface area contributed by atoms with Crippen molar-refractivity contribution >= 4 is 23.2 Å². The van der Waals surface area contributed by atoms with Crippen LogP contribution in [-0.4, -0.2) is 34.5 Å². The van der Waals surface area contributed by atoms with Crippen LogP contribution in [0, 0.1) is 0 Å². The Kier molecular flexibility index (Phi) is 5.15. The van der Waals surface area contributed by atoms with Gasteiger partial charge in [-0.1, -0.05) is 0 Å². The second-order valence-electron chi connectivity index (χ2n) is 4.10. The fourth-order valence-electron chi connectivity index (χ4n) is 1.55. The van der Waals surface area contributed by atoms with Crippen LogP contribution in [0.1, 0.15) is 37.0 Å². The number of carbonyl (C=O) groups is 2. The summed E-state index contributed by atoms with van der Waals surface area (Å²) in [6, 6.07) is 1.87. The van der Waals surface area contributed by atoms with E-state index in [0.29, 0.717) is 18.5 Å². The van der Waals surface area contributed by atoms with Crippen molar-refractivity contribution in [2.75, 3.05) is 6.54 Å². The zero-order chi connectivity index (χ0) is 12.8. The minimum absolute atomic E-state index is 0.0216. The fraction of sp³-hybridized carbons (Fsp3) is 0.500. The molecule has 0 aliphatic carbocycles. The van der Waals surface area contributed by atoms with Gasteiger partial charge in [-0.3, -0.25) is 9.59 Å². The Morgan fingerprint density at radius 3 is 2.65 bits per heavy atom. The molecule has 0 bridgehead atoms. The Balaban J connectivity index is 2.60. The molecular weight excluding hydrogens is 238 g/mol. The normalized spacial score (nSPS) is 10.5. The number of carboxylic acid groups (broad SMARTS) is 1. The van der Waals surface area contributed by atoms with Crippen molar-refractivity contribution in [2.45, 2.75) is 32.7 Å². The number of carboxylic acids is 1. The third-order valence-electron chi connectivity index (χ3n) is 2.44. The number of carbonyl (C=O) groups excluding carboxylic acids is 1. The summed E-state index contributed by atoms with van der Waals surface area (Å²) in [5, 5.41) is 12.3. The van der Waals surface area contributed by atoms with E-state index in [2.05, 4.69) is 0 Å². The Hall–Kier alpha value is -1.36. The van der Waals surface area contributed by atoms with E-state index in [4.69, 9.17) is 5.11 Å². The molecule has 5 heteroatoms. The predicted molar refractivity (Wildman–Crippen MR) is 67.4 cm³/mol. The first kappa shape index (κ1) is 13.7. The number of nitrogens with zero attached hydrogens (tertiary/aromatic N) is 1. The Morgan fingerprint density at radius 2 is 2.18 bits per heavy atom. The first-order chi connectivity index (χ1) is 8.02. The third kappa shape index (κ3) is 4.19. The van der Waals surface area contributed by atoms with Gasteiger partial charge < -0.3 is 10.0 Å². The van der Waals surface area contributed by atoms with Crippen LogP contribution >= 0.6 is 11.3 Å². The van der Waals surface area contributed by atoms with Crippen LogP contribution in [0.5, 0.6) is 0 Å². The van der Waals surface area contributed by atoms with Gasteiger partial charge in [0.05, 0.1) is 5.56 Å². The summed E-state index contributed by atoms with van der Waals surface area (Å²) in [5.74, 6) is -0.844. The maximum absolute atomic E-state index is 12.1. The molecule has 1 N–H and O–H groups in total. The van der Waals surface area contributed by atoms with Crippen LogP contribution in [0.2, 0.25) is 0 Å². The number of thiophene rings is 1. The van der Waals surface area contributed by atoms with Gasteiger partial charge in [0, 0.05) is 24.4 Å². The summed E-state index contributed by atoms with van der Waals surface area (Å²) in [7, 11) is 0. The summed E-state index contributed by atoms with van der Waals surface area (Å²) in [6.07, 6.45) is 0.587. The highest BCUT2D eigenvalue weighted by molar-refractivity contribution is 7.08. The molecule has 0 aromatic carbocycles. The summed E-state index contributed by atoms with van der Waals surface area (Å²) in [5.41, 5.74) is 0.680. The van der Waals surface area contributed by atoms with E-state index in [1.807, 2.05) is 24.6 Å². The lowest BCUT2D eigenvalue weighted by atomic mass is 10.2. The van der Waals surface area contributed by atoms with Crippen LogP contribution in [0.15, 0.2) is 16.8 Å². The lowest BCUT2D eigenvalue weighted by molar-refractivity contribution is -0.137. The largest absolute Gasteiger partial charge is 0.481 e.